The van der Waals surface area contributed by atoms with Crippen LogP contribution in [-0.4, -0.2) is 25.4 Å². The van der Waals surface area contributed by atoms with Crippen LogP contribution in [0.5, 0.6) is 11.5 Å². The summed E-state index contributed by atoms with van der Waals surface area (Å²) in [4.78, 5) is 14.4. The number of nitro benzene ring substituents is 1. The number of nitrogens with one attached hydrogen (secondary N) is 1. The maximum Gasteiger partial charge on any atom is 0.312 e. The molecule has 3 rings (SSSR count). The lowest BCUT2D eigenvalue weighted by Crippen LogP contribution is -2.23. The van der Waals surface area contributed by atoms with Gasteiger partial charge in [0.25, 0.3) is 0 Å². The lowest BCUT2D eigenvalue weighted by Gasteiger charge is -2.10. The molecule has 0 unspecified atom stereocenters. The summed E-state index contributed by atoms with van der Waals surface area (Å²) >= 11 is 0. The molecule has 0 spiro atoms. The van der Waals surface area contributed by atoms with E-state index < -0.39 is 20.6 Å². The molecule has 30 heavy (non-hydrogen) atoms. The van der Waals surface area contributed by atoms with Crippen molar-refractivity contribution in [3.63, 3.8) is 0 Å². The van der Waals surface area contributed by atoms with Crippen LogP contribution in [0.2, 0.25) is 0 Å². The number of benzene rings is 2. The Bertz CT molecular complexity index is 1140. The van der Waals surface area contributed by atoms with E-state index in [4.69, 9.17) is 9.47 Å². The van der Waals surface area contributed by atoms with E-state index in [0.717, 1.165) is 11.8 Å². The highest BCUT2D eigenvalue weighted by Crippen LogP contribution is 2.29. The fraction of sp³-hybridized carbons (Fsp3) is 0.150. The lowest BCUT2D eigenvalue weighted by atomic mass is 10.2. The smallest absolute Gasteiger partial charge is 0.312 e. The van der Waals surface area contributed by atoms with Crippen LogP contribution in [0.1, 0.15) is 11.3 Å². The molecule has 10 heteroatoms. The maximum atomic E-state index is 12.6. The number of hydrogen-bond acceptors (Lipinski definition) is 7. The van der Waals surface area contributed by atoms with Crippen molar-refractivity contribution in [2.75, 3.05) is 7.11 Å². The predicted molar refractivity (Wildman–Crippen MR) is 109 cm³/mol. The van der Waals surface area contributed by atoms with E-state index in [1.54, 1.807) is 30.5 Å². The first kappa shape index (κ1) is 21.2. The SMILES string of the molecule is COc1ccc(S(=O)(=O)NCc2cccc(OCc3ccccn3)c2)cc1[N+](=O)[O-]. The van der Waals surface area contributed by atoms with Crippen molar-refractivity contribution in [3.8, 4) is 11.5 Å². The van der Waals surface area contributed by atoms with Gasteiger partial charge in [0.15, 0.2) is 5.75 Å². The molecule has 0 radical (unpaired) electrons. The Hall–Kier alpha value is -3.50. The Labute approximate surface area is 173 Å². The highest BCUT2D eigenvalue weighted by atomic mass is 32.2. The Kier molecular flexibility index (Phi) is 6.60. The summed E-state index contributed by atoms with van der Waals surface area (Å²) < 4.78 is 38.1. The second-order valence-corrected chi connectivity index (χ2v) is 7.94. The summed E-state index contributed by atoms with van der Waals surface area (Å²) in [7, 11) is -2.69. The summed E-state index contributed by atoms with van der Waals surface area (Å²) in [5.74, 6) is 0.550. The van der Waals surface area contributed by atoms with Crippen LogP contribution in [0.25, 0.3) is 0 Å². The standard InChI is InChI=1S/C20H19N3O6S/c1-28-20-9-8-18(12-19(20)23(24)25)30(26,27)22-13-15-5-4-7-17(11-15)29-14-16-6-2-3-10-21-16/h2-12,22H,13-14H2,1H3. The van der Waals surface area contributed by atoms with Gasteiger partial charge in [0.2, 0.25) is 10.0 Å². The molecular weight excluding hydrogens is 410 g/mol. The van der Waals surface area contributed by atoms with Crippen molar-refractivity contribution in [2.24, 2.45) is 0 Å². The molecule has 156 valence electrons. The lowest BCUT2D eigenvalue weighted by molar-refractivity contribution is -0.386. The molecule has 1 aromatic heterocycles. The van der Waals surface area contributed by atoms with Gasteiger partial charge in [0, 0.05) is 18.8 Å². The molecule has 9 nitrogen and oxygen atoms in total. The number of aromatic nitrogens is 1. The zero-order chi connectivity index (χ0) is 21.6. The third-order valence-electron chi connectivity index (χ3n) is 4.13. The molecule has 0 fully saturated rings. The first-order valence-corrected chi connectivity index (χ1v) is 10.3. The molecule has 3 aromatic rings. The Morgan fingerprint density at radius 1 is 1.10 bits per heavy atom. The summed E-state index contributed by atoms with van der Waals surface area (Å²) in [5, 5.41) is 11.1. The van der Waals surface area contributed by atoms with Crippen LogP contribution < -0.4 is 14.2 Å². The van der Waals surface area contributed by atoms with Crippen molar-refractivity contribution in [3.05, 3.63) is 88.2 Å². The average Bonchev–Trinajstić information content (AvgIpc) is 2.77. The average molecular weight is 429 g/mol. The summed E-state index contributed by atoms with van der Waals surface area (Å²) in [6.45, 7) is 0.272. The maximum absolute atomic E-state index is 12.6. The minimum absolute atomic E-state index is 0.0110. The van der Waals surface area contributed by atoms with Crippen LogP contribution in [0, 0.1) is 10.1 Å². The number of hydrogen-bond donors (Lipinski definition) is 1. The number of ether oxygens (including phenoxy) is 2. The van der Waals surface area contributed by atoms with Gasteiger partial charge in [-0.25, -0.2) is 13.1 Å². The topological polar surface area (TPSA) is 121 Å². The minimum atomic E-state index is -3.97. The van der Waals surface area contributed by atoms with Crippen LogP contribution in [0.15, 0.2) is 71.8 Å². The summed E-state index contributed by atoms with van der Waals surface area (Å²) in [6, 6.07) is 15.9. The van der Waals surface area contributed by atoms with E-state index in [2.05, 4.69) is 9.71 Å². The number of nitro groups is 1. The third-order valence-corrected chi connectivity index (χ3v) is 5.53. The number of sulfonamides is 1. The van der Waals surface area contributed by atoms with Crippen LogP contribution >= 0.6 is 0 Å². The van der Waals surface area contributed by atoms with Crippen LogP contribution in [0.3, 0.4) is 0 Å². The third kappa shape index (κ3) is 5.31. The van der Waals surface area contributed by atoms with Gasteiger partial charge in [-0.3, -0.25) is 15.1 Å². The van der Waals surface area contributed by atoms with Gasteiger partial charge in [-0.2, -0.15) is 0 Å². The Morgan fingerprint density at radius 3 is 2.63 bits per heavy atom. The van der Waals surface area contributed by atoms with Gasteiger partial charge in [0.05, 0.1) is 22.6 Å². The number of methoxy groups -OCH3 is 1. The van der Waals surface area contributed by atoms with E-state index in [-0.39, 0.29) is 23.8 Å². The first-order valence-electron chi connectivity index (χ1n) is 8.83. The minimum Gasteiger partial charge on any atom is -0.490 e. The molecule has 0 aliphatic heterocycles. The Balaban J connectivity index is 1.69. The molecule has 1 N–H and O–H groups in total. The van der Waals surface area contributed by atoms with Crippen LogP contribution in [0.4, 0.5) is 5.69 Å². The van der Waals surface area contributed by atoms with Crippen molar-refractivity contribution in [1.82, 2.24) is 9.71 Å². The predicted octanol–water partition coefficient (Wildman–Crippen LogP) is 3.06. The summed E-state index contributed by atoms with van der Waals surface area (Å²) in [6.07, 6.45) is 1.67. The Morgan fingerprint density at radius 2 is 1.93 bits per heavy atom. The van der Waals surface area contributed by atoms with Gasteiger partial charge in [0.1, 0.15) is 12.4 Å². The van der Waals surface area contributed by atoms with Gasteiger partial charge >= 0.3 is 5.69 Å². The molecule has 0 aliphatic carbocycles. The highest BCUT2D eigenvalue weighted by Gasteiger charge is 2.21. The van der Waals surface area contributed by atoms with E-state index in [1.807, 2.05) is 18.2 Å². The van der Waals surface area contributed by atoms with Crippen molar-refractivity contribution in [1.29, 1.82) is 0 Å². The van der Waals surface area contributed by atoms with E-state index >= 15 is 0 Å². The fourth-order valence-corrected chi connectivity index (χ4v) is 3.66. The number of pyridine rings is 1. The van der Waals surface area contributed by atoms with E-state index in [0.29, 0.717) is 11.3 Å². The van der Waals surface area contributed by atoms with Crippen molar-refractivity contribution >= 4 is 15.7 Å². The second kappa shape index (κ2) is 9.33. The van der Waals surface area contributed by atoms with E-state index in [9.17, 15) is 18.5 Å². The second-order valence-electron chi connectivity index (χ2n) is 6.17. The molecular formula is C20H19N3O6S. The quantitative estimate of drug-likeness (QED) is 0.410. The fourth-order valence-electron chi connectivity index (χ4n) is 2.63. The summed E-state index contributed by atoms with van der Waals surface area (Å²) in [5.41, 5.74) is 1.01. The van der Waals surface area contributed by atoms with Gasteiger partial charge < -0.3 is 9.47 Å². The largest absolute Gasteiger partial charge is 0.490 e. The van der Waals surface area contributed by atoms with Crippen LogP contribution in [-0.2, 0) is 23.2 Å². The van der Waals surface area contributed by atoms with Crippen molar-refractivity contribution < 1.29 is 22.8 Å². The first-order chi connectivity index (χ1) is 14.4. The number of rotatable bonds is 9. The highest BCUT2D eigenvalue weighted by molar-refractivity contribution is 7.89. The van der Waals surface area contributed by atoms with Gasteiger partial charge in [-0.05, 0) is 42.0 Å². The molecule has 1 heterocycles. The zero-order valence-electron chi connectivity index (χ0n) is 16.0. The molecule has 0 bridgehead atoms. The number of nitrogens with zero attached hydrogens (tertiary/aromatic N) is 2. The zero-order valence-corrected chi connectivity index (χ0v) is 16.8. The molecule has 2 aromatic carbocycles. The molecule has 0 saturated heterocycles. The van der Waals surface area contributed by atoms with E-state index in [1.165, 1.54) is 19.2 Å². The molecule has 0 aliphatic rings. The van der Waals surface area contributed by atoms with Gasteiger partial charge in [-0.15, -0.1) is 0 Å². The molecule has 0 saturated carbocycles. The molecule has 0 amide bonds. The van der Waals surface area contributed by atoms with Gasteiger partial charge in [-0.1, -0.05) is 18.2 Å². The monoisotopic (exact) mass is 429 g/mol. The van der Waals surface area contributed by atoms with Crippen molar-refractivity contribution in [2.45, 2.75) is 18.0 Å². The normalized spacial score (nSPS) is 11.1. The molecule has 0 atom stereocenters.